The van der Waals surface area contributed by atoms with Gasteiger partial charge in [0.2, 0.25) is 0 Å². The van der Waals surface area contributed by atoms with Gasteiger partial charge in [-0.15, -0.1) is 0 Å². The van der Waals surface area contributed by atoms with E-state index in [1.165, 1.54) is 32.8 Å². The third-order valence-corrected chi connectivity index (χ3v) is 4.57. The first-order chi connectivity index (χ1) is 9.72. The number of urea groups is 1. The number of methoxy groups -OCH3 is 1. The fourth-order valence-corrected chi connectivity index (χ4v) is 3.51. The van der Waals surface area contributed by atoms with Gasteiger partial charge in [-0.3, -0.25) is 4.79 Å². The van der Waals surface area contributed by atoms with Crippen LogP contribution in [0.5, 0.6) is 0 Å². The Balaban J connectivity index is 1.74. The SMILES string of the molecule is COC(=O)CCCNC(=O)N1CCCC2CCCCC21. The number of rotatable bonds is 4. The third kappa shape index (κ3) is 3.87. The van der Waals surface area contributed by atoms with Crippen LogP contribution in [0.4, 0.5) is 4.79 Å². The minimum Gasteiger partial charge on any atom is -0.469 e. The van der Waals surface area contributed by atoms with Crippen molar-refractivity contribution in [3.8, 4) is 0 Å². The molecule has 2 atom stereocenters. The lowest BCUT2D eigenvalue weighted by Crippen LogP contribution is -2.53. The molecule has 0 bridgehead atoms. The van der Waals surface area contributed by atoms with E-state index < -0.39 is 0 Å². The zero-order chi connectivity index (χ0) is 14.4. The van der Waals surface area contributed by atoms with Crippen LogP contribution in [0.1, 0.15) is 51.4 Å². The average molecular weight is 282 g/mol. The van der Waals surface area contributed by atoms with Gasteiger partial charge in [0.25, 0.3) is 0 Å². The molecule has 114 valence electrons. The number of nitrogens with zero attached hydrogens (tertiary/aromatic N) is 1. The molecule has 0 aromatic heterocycles. The highest BCUT2D eigenvalue weighted by atomic mass is 16.5. The highest BCUT2D eigenvalue weighted by molar-refractivity contribution is 5.75. The molecular formula is C15H26N2O3. The Kier molecular flexibility index (Phi) is 5.68. The van der Waals surface area contributed by atoms with Crippen LogP contribution >= 0.6 is 0 Å². The average Bonchev–Trinajstić information content (AvgIpc) is 2.50. The van der Waals surface area contributed by atoms with Crippen LogP contribution in [0.25, 0.3) is 0 Å². The molecule has 2 amide bonds. The van der Waals surface area contributed by atoms with Gasteiger partial charge >= 0.3 is 12.0 Å². The summed E-state index contributed by atoms with van der Waals surface area (Å²) in [6, 6.07) is 0.490. The largest absolute Gasteiger partial charge is 0.469 e. The number of nitrogens with one attached hydrogen (secondary N) is 1. The maximum Gasteiger partial charge on any atom is 0.317 e. The maximum atomic E-state index is 12.3. The Hall–Kier alpha value is -1.26. The Labute approximate surface area is 121 Å². The van der Waals surface area contributed by atoms with Crippen molar-refractivity contribution in [2.24, 2.45) is 5.92 Å². The second-order valence-corrected chi connectivity index (χ2v) is 5.86. The number of piperidine rings is 1. The van der Waals surface area contributed by atoms with E-state index >= 15 is 0 Å². The van der Waals surface area contributed by atoms with Gasteiger partial charge in [0.05, 0.1) is 7.11 Å². The lowest BCUT2D eigenvalue weighted by molar-refractivity contribution is -0.140. The second kappa shape index (κ2) is 7.50. The van der Waals surface area contributed by atoms with Crippen LogP contribution in [0.15, 0.2) is 0 Å². The van der Waals surface area contributed by atoms with Crippen molar-refractivity contribution in [3.05, 3.63) is 0 Å². The molecule has 1 aliphatic carbocycles. The number of hydrogen-bond donors (Lipinski definition) is 1. The lowest BCUT2D eigenvalue weighted by Gasteiger charge is -2.44. The van der Waals surface area contributed by atoms with Crippen molar-refractivity contribution in [2.75, 3.05) is 20.2 Å². The molecule has 2 aliphatic rings. The summed E-state index contributed by atoms with van der Waals surface area (Å²) in [4.78, 5) is 25.3. The first-order valence-corrected chi connectivity index (χ1v) is 7.83. The molecule has 1 heterocycles. The Morgan fingerprint density at radius 3 is 2.75 bits per heavy atom. The fourth-order valence-electron chi connectivity index (χ4n) is 3.51. The van der Waals surface area contributed by atoms with Gasteiger partial charge < -0.3 is 15.0 Å². The fraction of sp³-hybridized carbons (Fsp3) is 0.867. The molecule has 0 radical (unpaired) electrons. The maximum absolute atomic E-state index is 12.3. The quantitative estimate of drug-likeness (QED) is 0.636. The topological polar surface area (TPSA) is 58.6 Å². The van der Waals surface area contributed by atoms with Crippen molar-refractivity contribution in [1.82, 2.24) is 10.2 Å². The number of fused-ring (bicyclic) bond motifs is 1. The number of amides is 2. The van der Waals surface area contributed by atoms with E-state index in [1.807, 2.05) is 4.90 Å². The minimum atomic E-state index is -0.218. The molecule has 0 aromatic carbocycles. The molecule has 1 aliphatic heterocycles. The number of carbonyl (C=O) groups is 2. The van der Waals surface area contributed by atoms with E-state index in [0.29, 0.717) is 31.3 Å². The van der Waals surface area contributed by atoms with Gasteiger partial charge in [0.15, 0.2) is 0 Å². The molecule has 2 rings (SSSR count). The van der Waals surface area contributed by atoms with Gasteiger partial charge in [0, 0.05) is 25.6 Å². The minimum absolute atomic E-state index is 0.0477. The van der Waals surface area contributed by atoms with Crippen molar-refractivity contribution in [1.29, 1.82) is 0 Å². The summed E-state index contributed by atoms with van der Waals surface area (Å²) >= 11 is 0. The first kappa shape index (κ1) is 15.1. The van der Waals surface area contributed by atoms with E-state index in [0.717, 1.165) is 19.4 Å². The van der Waals surface area contributed by atoms with Crippen molar-refractivity contribution < 1.29 is 14.3 Å². The molecule has 20 heavy (non-hydrogen) atoms. The van der Waals surface area contributed by atoms with E-state index in [9.17, 15) is 9.59 Å². The second-order valence-electron chi connectivity index (χ2n) is 5.86. The number of carbonyl (C=O) groups excluding carboxylic acids is 2. The van der Waals surface area contributed by atoms with Gasteiger partial charge in [-0.2, -0.15) is 0 Å². The van der Waals surface area contributed by atoms with Crippen molar-refractivity contribution in [2.45, 2.75) is 57.4 Å². The normalized spacial score (nSPS) is 25.8. The molecule has 0 spiro atoms. The van der Waals surface area contributed by atoms with Gasteiger partial charge in [-0.05, 0) is 38.0 Å². The molecule has 5 heteroatoms. The summed E-state index contributed by atoms with van der Waals surface area (Å²) in [6.07, 6.45) is 8.39. The Morgan fingerprint density at radius 1 is 1.20 bits per heavy atom. The zero-order valence-corrected chi connectivity index (χ0v) is 12.4. The number of hydrogen-bond acceptors (Lipinski definition) is 3. The van der Waals surface area contributed by atoms with Crippen LogP contribution in [0.3, 0.4) is 0 Å². The van der Waals surface area contributed by atoms with E-state index in [2.05, 4.69) is 10.1 Å². The molecule has 5 nitrogen and oxygen atoms in total. The summed E-state index contributed by atoms with van der Waals surface area (Å²) in [5.74, 6) is 0.489. The summed E-state index contributed by atoms with van der Waals surface area (Å²) < 4.78 is 4.58. The number of ether oxygens (including phenoxy) is 1. The van der Waals surface area contributed by atoms with Crippen molar-refractivity contribution in [3.63, 3.8) is 0 Å². The van der Waals surface area contributed by atoms with Crippen LogP contribution in [0.2, 0.25) is 0 Å². The summed E-state index contributed by atoms with van der Waals surface area (Å²) in [5, 5.41) is 2.94. The smallest absolute Gasteiger partial charge is 0.317 e. The van der Waals surface area contributed by atoms with Gasteiger partial charge in [0.1, 0.15) is 0 Å². The summed E-state index contributed by atoms with van der Waals surface area (Å²) in [6.45, 7) is 1.42. The lowest BCUT2D eigenvalue weighted by atomic mass is 9.78. The van der Waals surface area contributed by atoms with Crippen LogP contribution in [0, 0.1) is 5.92 Å². The highest BCUT2D eigenvalue weighted by Crippen LogP contribution is 2.35. The number of esters is 1. The van der Waals surface area contributed by atoms with E-state index in [-0.39, 0.29) is 12.0 Å². The van der Waals surface area contributed by atoms with Gasteiger partial charge in [-0.25, -0.2) is 4.79 Å². The standard InChI is InChI=1S/C15H26N2O3/c1-20-14(18)9-4-10-16-15(19)17-11-5-7-12-6-2-3-8-13(12)17/h12-13H,2-11H2,1H3,(H,16,19). The molecule has 1 saturated carbocycles. The predicted octanol–water partition coefficient (Wildman–Crippen LogP) is 2.30. The van der Waals surface area contributed by atoms with Gasteiger partial charge in [-0.1, -0.05) is 12.8 Å². The molecule has 1 saturated heterocycles. The van der Waals surface area contributed by atoms with Crippen LogP contribution in [-0.2, 0) is 9.53 Å². The van der Waals surface area contributed by atoms with Crippen molar-refractivity contribution >= 4 is 12.0 Å². The summed E-state index contributed by atoms with van der Waals surface area (Å²) in [7, 11) is 1.39. The molecule has 0 aromatic rings. The van der Waals surface area contributed by atoms with Crippen LogP contribution < -0.4 is 5.32 Å². The van der Waals surface area contributed by atoms with E-state index in [1.54, 1.807) is 0 Å². The highest BCUT2D eigenvalue weighted by Gasteiger charge is 2.35. The molecule has 1 N–H and O–H groups in total. The monoisotopic (exact) mass is 282 g/mol. The third-order valence-electron chi connectivity index (χ3n) is 4.57. The Bertz CT molecular complexity index is 344. The van der Waals surface area contributed by atoms with E-state index in [4.69, 9.17) is 0 Å². The Morgan fingerprint density at radius 2 is 1.95 bits per heavy atom. The summed E-state index contributed by atoms with van der Waals surface area (Å²) in [5.41, 5.74) is 0. The predicted molar refractivity (Wildman–Crippen MR) is 76.3 cm³/mol. The van der Waals surface area contributed by atoms with Crippen LogP contribution in [-0.4, -0.2) is 43.1 Å². The molecule has 2 unspecified atom stereocenters. The zero-order valence-electron chi connectivity index (χ0n) is 12.4. The molecule has 2 fully saturated rings. The molecular weight excluding hydrogens is 256 g/mol. The number of likely N-dealkylation sites (tertiary alicyclic amines) is 1. The first-order valence-electron chi connectivity index (χ1n) is 7.83.